The van der Waals surface area contributed by atoms with Crippen molar-refractivity contribution in [3.05, 3.63) is 64.1 Å². The van der Waals surface area contributed by atoms with Crippen molar-refractivity contribution >= 4 is 40.9 Å². The molecule has 0 aromatic heterocycles. The minimum atomic E-state index is -0.734. The van der Waals surface area contributed by atoms with Crippen LogP contribution in [-0.4, -0.2) is 18.0 Å². The first-order chi connectivity index (χ1) is 12.8. The summed E-state index contributed by atoms with van der Waals surface area (Å²) in [5.74, 6) is -0.150. The summed E-state index contributed by atoms with van der Waals surface area (Å²) in [6.45, 7) is 4.07. The normalized spacial score (nSPS) is 11.7. The van der Waals surface area contributed by atoms with Gasteiger partial charge >= 0.3 is 6.09 Å². The smallest absolute Gasteiger partial charge is 0.408 e. The van der Waals surface area contributed by atoms with E-state index in [0.29, 0.717) is 22.2 Å². The van der Waals surface area contributed by atoms with E-state index in [0.717, 1.165) is 5.56 Å². The van der Waals surface area contributed by atoms with Gasteiger partial charge in [0.1, 0.15) is 12.6 Å². The van der Waals surface area contributed by atoms with E-state index >= 15 is 0 Å². The Morgan fingerprint density at radius 2 is 1.74 bits per heavy atom. The Kier molecular flexibility index (Phi) is 7.95. The predicted molar refractivity (Wildman–Crippen MR) is 108 cm³/mol. The molecular formula is C20H22Cl2N2O3. The zero-order valence-corrected chi connectivity index (χ0v) is 16.7. The van der Waals surface area contributed by atoms with Crippen molar-refractivity contribution in [3.8, 4) is 0 Å². The molecule has 5 nitrogen and oxygen atoms in total. The van der Waals surface area contributed by atoms with Gasteiger partial charge in [0.05, 0.1) is 10.0 Å². The van der Waals surface area contributed by atoms with Crippen LogP contribution < -0.4 is 10.6 Å². The van der Waals surface area contributed by atoms with Crippen LogP contribution in [0.1, 0.15) is 25.8 Å². The number of hydrogen-bond donors (Lipinski definition) is 2. The van der Waals surface area contributed by atoms with Crippen LogP contribution in [0.2, 0.25) is 10.0 Å². The fourth-order valence-electron chi connectivity index (χ4n) is 2.41. The molecule has 0 aliphatic carbocycles. The van der Waals surface area contributed by atoms with Crippen molar-refractivity contribution in [2.45, 2.75) is 32.9 Å². The number of anilines is 1. The molecule has 0 unspecified atom stereocenters. The summed E-state index contributed by atoms with van der Waals surface area (Å²) in [5, 5.41) is 6.11. The van der Waals surface area contributed by atoms with E-state index < -0.39 is 12.1 Å². The van der Waals surface area contributed by atoms with E-state index in [1.54, 1.807) is 18.2 Å². The second kappa shape index (κ2) is 10.2. The molecular weight excluding hydrogens is 387 g/mol. The van der Waals surface area contributed by atoms with E-state index in [1.165, 1.54) is 0 Å². The Balaban J connectivity index is 1.97. The van der Waals surface area contributed by atoms with Crippen molar-refractivity contribution < 1.29 is 14.3 Å². The van der Waals surface area contributed by atoms with Crippen LogP contribution >= 0.6 is 23.2 Å². The number of amides is 2. The third-order valence-electron chi connectivity index (χ3n) is 3.72. The highest BCUT2D eigenvalue weighted by molar-refractivity contribution is 6.42. The standard InChI is InChI=1S/C20H22Cl2N2O3/c1-13(2)10-18(19(25)23-15-8-9-16(21)17(22)11-15)24-20(26)27-12-14-6-4-3-5-7-14/h3-9,11,13,18H,10,12H2,1-2H3,(H,23,25)(H,24,26)/t18-/m0/s1. The lowest BCUT2D eigenvalue weighted by atomic mass is 10.0. The first kappa shape index (κ1) is 21.1. The summed E-state index contributed by atoms with van der Waals surface area (Å²) in [5.41, 5.74) is 1.37. The average Bonchev–Trinajstić information content (AvgIpc) is 2.63. The zero-order chi connectivity index (χ0) is 19.8. The molecule has 2 aromatic rings. The molecule has 2 aromatic carbocycles. The Morgan fingerprint density at radius 1 is 1.04 bits per heavy atom. The topological polar surface area (TPSA) is 67.4 Å². The number of hydrogen-bond acceptors (Lipinski definition) is 3. The molecule has 7 heteroatoms. The van der Waals surface area contributed by atoms with Crippen molar-refractivity contribution in [1.29, 1.82) is 0 Å². The largest absolute Gasteiger partial charge is 0.445 e. The van der Waals surface area contributed by atoms with E-state index in [9.17, 15) is 9.59 Å². The molecule has 0 bridgehead atoms. The van der Waals surface area contributed by atoms with Gasteiger partial charge < -0.3 is 15.4 Å². The lowest BCUT2D eigenvalue weighted by Gasteiger charge is -2.20. The van der Waals surface area contributed by atoms with Crippen molar-refractivity contribution in [2.75, 3.05) is 5.32 Å². The molecule has 0 fully saturated rings. The summed E-state index contributed by atoms with van der Waals surface area (Å²) in [7, 11) is 0. The maximum atomic E-state index is 12.6. The molecule has 0 aliphatic heterocycles. The summed E-state index contributed by atoms with van der Waals surface area (Å²) in [4.78, 5) is 24.7. The predicted octanol–water partition coefficient (Wildman–Crippen LogP) is 5.27. The van der Waals surface area contributed by atoms with Crippen LogP contribution in [0.3, 0.4) is 0 Å². The average molecular weight is 409 g/mol. The van der Waals surface area contributed by atoms with Crippen LogP contribution in [0, 0.1) is 5.92 Å². The van der Waals surface area contributed by atoms with Gasteiger partial charge in [0.15, 0.2) is 0 Å². The van der Waals surface area contributed by atoms with Crippen LogP contribution in [0.4, 0.5) is 10.5 Å². The van der Waals surface area contributed by atoms with Crippen LogP contribution in [0.5, 0.6) is 0 Å². The fourth-order valence-corrected chi connectivity index (χ4v) is 2.71. The van der Waals surface area contributed by atoms with Gasteiger partial charge in [-0.15, -0.1) is 0 Å². The van der Waals surface area contributed by atoms with Gasteiger partial charge in [-0.2, -0.15) is 0 Å². The van der Waals surface area contributed by atoms with Gasteiger partial charge in [-0.3, -0.25) is 4.79 Å². The molecule has 0 saturated heterocycles. The summed E-state index contributed by atoms with van der Waals surface area (Å²) in [6.07, 6.45) is -0.179. The molecule has 2 rings (SSSR count). The molecule has 27 heavy (non-hydrogen) atoms. The maximum absolute atomic E-state index is 12.6. The highest BCUT2D eigenvalue weighted by Gasteiger charge is 2.23. The van der Waals surface area contributed by atoms with Gasteiger partial charge in [-0.1, -0.05) is 67.4 Å². The second-order valence-electron chi connectivity index (χ2n) is 6.51. The lowest BCUT2D eigenvalue weighted by Crippen LogP contribution is -2.44. The minimum absolute atomic E-state index is 0.134. The van der Waals surface area contributed by atoms with Crippen LogP contribution in [0.25, 0.3) is 0 Å². The highest BCUT2D eigenvalue weighted by Crippen LogP contribution is 2.25. The molecule has 144 valence electrons. The number of ether oxygens (including phenoxy) is 1. The van der Waals surface area contributed by atoms with Crippen LogP contribution in [0.15, 0.2) is 48.5 Å². The number of benzene rings is 2. The van der Waals surface area contributed by atoms with Gasteiger partial charge in [0.2, 0.25) is 5.91 Å². The maximum Gasteiger partial charge on any atom is 0.408 e. The molecule has 0 spiro atoms. The van der Waals surface area contributed by atoms with Crippen LogP contribution in [-0.2, 0) is 16.1 Å². The van der Waals surface area contributed by atoms with Gasteiger partial charge in [-0.05, 0) is 36.1 Å². The number of nitrogens with one attached hydrogen (secondary N) is 2. The second-order valence-corrected chi connectivity index (χ2v) is 7.32. The molecule has 0 saturated carbocycles. The molecule has 2 amide bonds. The molecule has 0 heterocycles. The highest BCUT2D eigenvalue weighted by atomic mass is 35.5. The first-order valence-corrected chi connectivity index (χ1v) is 9.34. The molecule has 0 radical (unpaired) electrons. The Bertz CT molecular complexity index is 782. The minimum Gasteiger partial charge on any atom is -0.445 e. The number of halogens is 2. The number of carbonyl (C=O) groups excluding carboxylic acids is 2. The van der Waals surface area contributed by atoms with Gasteiger partial charge in [-0.25, -0.2) is 4.79 Å². The van der Waals surface area contributed by atoms with E-state index in [1.807, 2.05) is 44.2 Å². The summed E-state index contributed by atoms with van der Waals surface area (Å²) < 4.78 is 5.21. The molecule has 0 aliphatic rings. The number of rotatable bonds is 7. The summed E-state index contributed by atoms with van der Waals surface area (Å²) >= 11 is 11.9. The van der Waals surface area contributed by atoms with E-state index in [2.05, 4.69) is 10.6 Å². The van der Waals surface area contributed by atoms with Crippen molar-refractivity contribution in [1.82, 2.24) is 5.32 Å². The van der Waals surface area contributed by atoms with E-state index in [4.69, 9.17) is 27.9 Å². The third kappa shape index (κ3) is 7.12. The Hall–Kier alpha value is -2.24. The first-order valence-electron chi connectivity index (χ1n) is 8.58. The van der Waals surface area contributed by atoms with Crippen molar-refractivity contribution in [3.63, 3.8) is 0 Å². The SMILES string of the molecule is CC(C)C[C@H](NC(=O)OCc1ccccc1)C(=O)Nc1ccc(Cl)c(Cl)c1. The number of alkyl carbamates (subject to hydrolysis) is 1. The Labute approximate surface area is 169 Å². The monoisotopic (exact) mass is 408 g/mol. The quantitative estimate of drug-likeness (QED) is 0.655. The van der Waals surface area contributed by atoms with Crippen molar-refractivity contribution in [2.24, 2.45) is 5.92 Å². The number of carbonyl (C=O) groups is 2. The zero-order valence-electron chi connectivity index (χ0n) is 15.2. The molecule has 1 atom stereocenters. The van der Waals surface area contributed by atoms with Gasteiger partial charge in [0.25, 0.3) is 0 Å². The van der Waals surface area contributed by atoms with E-state index in [-0.39, 0.29) is 18.4 Å². The third-order valence-corrected chi connectivity index (χ3v) is 4.45. The van der Waals surface area contributed by atoms with Gasteiger partial charge in [0, 0.05) is 5.69 Å². The Morgan fingerprint density at radius 3 is 2.37 bits per heavy atom. The summed E-state index contributed by atoms with van der Waals surface area (Å²) in [6, 6.07) is 13.4. The fraction of sp³-hybridized carbons (Fsp3) is 0.300. The molecule has 2 N–H and O–H groups in total. The lowest BCUT2D eigenvalue weighted by molar-refractivity contribution is -0.118.